The molecule has 3 heteroatoms. The van der Waals surface area contributed by atoms with Gasteiger partial charge in [0.15, 0.2) is 0 Å². The standard InChI is InChI=1S/C8H17ClO2/c1-4-6(10)8(11)7(9)5(2)3/h5-8,10-11H,4H2,1-3H3. The summed E-state index contributed by atoms with van der Waals surface area (Å²) < 4.78 is 0. The molecular weight excluding hydrogens is 164 g/mol. The minimum atomic E-state index is -0.804. The third kappa shape index (κ3) is 3.41. The van der Waals surface area contributed by atoms with E-state index in [1.54, 1.807) is 0 Å². The van der Waals surface area contributed by atoms with Crippen molar-refractivity contribution >= 4 is 11.6 Å². The van der Waals surface area contributed by atoms with Crippen LogP contribution in [0.5, 0.6) is 0 Å². The van der Waals surface area contributed by atoms with Crippen molar-refractivity contribution in [1.82, 2.24) is 0 Å². The molecule has 0 aliphatic heterocycles. The van der Waals surface area contributed by atoms with E-state index in [4.69, 9.17) is 11.6 Å². The van der Waals surface area contributed by atoms with E-state index >= 15 is 0 Å². The first kappa shape index (κ1) is 11.2. The van der Waals surface area contributed by atoms with Gasteiger partial charge in [0.25, 0.3) is 0 Å². The summed E-state index contributed by atoms with van der Waals surface area (Å²) in [6.07, 6.45) is -0.960. The van der Waals surface area contributed by atoms with E-state index < -0.39 is 12.2 Å². The van der Waals surface area contributed by atoms with Crippen molar-refractivity contribution < 1.29 is 10.2 Å². The second-order valence-electron chi connectivity index (χ2n) is 3.15. The predicted molar refractivity (Wildman–Crippen MR) is 46.8 cm³/mol. The molecule has 0 aliphatic rings. The molecule has 0 spiro atoms. The van der Waals surface area contributed by atoms with Crippen molar-refractivity contribution in [1.29, 1.82) is 0 Å². The first-order chi connectivity index (χ1) is 5.00. The zero-order valence-corrected chi connectivity index (χ0v) is 8.04. The van der Waals surface area contributed by atoms with Crippen molar-refractivity contribution in [2.75, 3.05) is 0 Å². The molecule has 11 heavy (non-hydrogen) atoms. The number of alkyl halides is 1. The van der Waals surface area contributed by atoms with Crippen LogP contribution in [0.4, 0.5) is 0 Å². The Balaban J connectivity index is 3.90. The number of aliphatic hydroxyl groups is 2. The Morgan fingerprint density at radius 2 is 1.73 bits per heavy atom. The number of rotatable bonds is 4. The van der Waals surface area contributed by atoms with Crippen molar-refractivity contribution in [3.8, 4) is 0 Å². The van der Waals surface area contributed by atoms with Crippen LogP contribution < -0.4 is 0 Å². The third-order valence-electron chi connectivity index (χ3n) is 1.78. The van der Waals surface area contributed by atoms with Gasteiger partial charge in [-0.3, -0.25) is 0 Å². The average Bonchev–Trinajstić information content (AvgIpc) is 2.00. The number of halogens is 1. The zero-order chi connectivity index (χ0) is 9.02. The SMILES string of the molecule is CCC(O)C(O)C(Cl)C(C)C. The van der Waals surface area contributed by atoms with E-state index in [2.05, 4.69) is 0 Å². The lowest BCUT2D eigenvalue weighted by Gasteiger charge is -2.23. The zero-order valence-electron chi connectivity index (χ0n) is 7.29. The lowest BCUT2D eigenvalue weighted by Crippen LogP contribution is -2.36. The Kier molecular flexibility index (Phi) is 5.06. The van der Waals surface area contributed by atoms with Crippen LogP contribution in [0.1, 0.15) is 27.2 Å². The predicted octanol–water partition coefficient (Wildman–Crippen LogP) is 1.38. The van der Waals surface area contributed by atoms with E-state index in [9.17, 15) is 10.2 Å². The molecular formula is C8H17ClO2. The molecule has 0 aromatic carbocycles. The van der Waals surface area contributed by atoms with Crippen molar-refractivity contribution in [2.45, 2.75) is 44.8 Å². The van der Waals surface area contributed by atoms with Crippen molar-refractivity contribution in [2.24, 2.45) is 5.92 Å². The van der Waals surface area contributed by atoms with Gasteiger partial charge in [0.1, 0.15) is 0 Å². The Labute approximate surface area is 73.2 Å². The molecule has 0 aromatic heterocycles. The third-order valence-corrected chi connectivity index (χ3v) is 2.54. The van der Waals surface area contributed by atoms with Gasteiger partial charge in [-0.15, -0.1) is 11.6 Å². The summed E-state index contributed by atoms with van der Waals surface area (Å²) in [5, 5.41) is 18.2. The van der Waals surface area contributed by atoms with Gasteiger partial charge in [-0.25, -0.2) is 0 Å². The Bertz CT molecular complexity index is 106. The molecule has 3 atom stereocenters. The Morgan fingerprint density at radius 1 is 1.27 bits per heavy atom. The monoisotopic (exact) mass is 180 g/mol. The minimum Gasteiger partial charge on any atom is -0.390 e. The fourth-order valence-corrected chi connectivity index (χ4v) is 1.02. The second-order valence-corrected chi connectivity index (χ2v) is 3.66. The van der Waals surface area contributed by atoms with Gasteiger partial charge in [-0.2, -0.15) is 0 Å². The molecule has 0 aromatic rings. The van der Waals surface area contributed by atoms with Crippen LogP contribution in [0.25, 0.3) is 0 Å². The summed E-state index contributed by atoms with van der Waals surface area (Å²) in [7, 11) is 0. The lowest BCUT2D eigenvalue weighted by atomic mass is 10.00. The van der Waals surface area contributed by atoms with Gasteiger partial charge in [-0.05, 0) is 12.3 Å². The summed E-state index contributed by atoms with van der Waals surface area (Å²) in [6.45, 7) is 5.66. The van der Waals surface area contributed by atoms with E-state index in [1.165, 1.54) is 0 Å². The average molecular weight is 181 g/mol. The van der Waals surface area contributed by atoms with Gasteiger partial charge < -0.3 is 10.2 Å². The smallest absolute Gasteiger partial charge is 0.0964 e. The molecule has 0 bridgehead atoms. The molecule has 0 saturated carbocycles. The lowest BCUT2D eigenvalue weighted by molar-refractivity contribution is 0.00870. The topological polar surface area (TPSA) is 40.5 Å². The summed E-state index contributed by atoms with van der Waals surface area (Å²) in [6, 6.07) is 0. The highest BCUT2D eigenvalue weighted by molar-refractivity contribution is 6.21. The first-order valence-corrected chi connectivity index (χ1v) is 4.44. The Morgan fingerprint density at radius 3 is 2.00 bits per heavy atom. The van der Waals surface area contributed by atoms with Crippen LogP contribution in [-0.2, 0) is 0 Å². The summed E-state index contributed by atoms with van der Waals surface area (Å²) in [4.78, 5) is 0. The first-order valence-electron chi connectivity index (χ1n) is 4.00. The number of hydrogen-bond acceptors (Lipinski definition) is 2. The van der Waals surface area contributed by atoms with Crippen LogP contribution in [0.3, 0.4) is 0 Å². The Hall–Kier alpha value is 0.210. The summed E-state index contributed by atoms with van der Waals surface area (Å²) in [5.74, 6) is 0.188. The summed E-state index contributed by atoms with van der Waals surface area (Å²) >= 11 is 5.83. The molecule has 2 N–H and O–H groups in total. The highest BCUT2D eigenvalue weighted by Gasteiger charge is 2.25. The highest BCUT2D eigenvalue weighted by atomic mass is 35.5. The highest BCUT2D eigenvalue weighted by Crippen LogP contribution is 2.17. The second kappa shape index (κ2) is 4.96. The van der Waals surface area contributed by atoms with Gasteiger partial charge in [0, 0.05) is 0 Å². The number of hydrogen-bond donors (Lipinski definition) is 2. The summed E-state index contributed by atoms with van der Waals surface area (Å²) in [5.41, 5.74) is 0. The molecule has 0 rings (SSSR count). The van der Waals surface area contributed by atoms with Crippen LogP contribution in [0, 0.1) is 5.92 Å². The number of aliphatic hydroxyl groups excluding tert-OH is 2. The normalized spacial score (nSPS) is 19.9. The van der Waals surface area contributed by atoms with E-state index in [0.717, 1.165) is 0 Å². The van der Waals surface area contributed by atoms with Crippen LogP contribution >= 0.6 is 11.6 Å². The van der Waals surface area contributed by atoms with E-state index in [0.29, 0.717) is 6.42 Å². The van der Waals surface area contributed by atoms with Crippen molar-refractivity contribution in [3.05, 3.63) is 0 Å². The van der Waals surface area contributed by atoms with Gasteiger partial charge >= 0.3 is 0 Å². The largest absolute Gasteiger partial charge is 0.390 e. The minimum absolute atomic E-state index is 0.188. The fraction of sp³-hybridized carbons (Fsp3) is 1.00. The quantitative estimate of drug-likeness (QED) is 0.642. The molecule has 0 fully saturated rings. The van der Waals surface area contributed by atoms with E-state index in [-0.39, 0.29) is 11.3 Å². The maximum atomic E-state index is 9.37. The van der Waals surface area contributed by atoms with Crippen LogP contribution in [-0.4, -0.2) is 27.8 Å². The van der Waals surface area contributed by atoms with Crippen LogP contribution in [0.2, 0.25) is 0 Å². The molecule has 68 valence electrons. The molecule has 2 nitrogen and oxygen atoms in total. The maximum Gasteiger partial charge on any atom is 0.0964 e. The molecule has 3 unspecified atom stereocenters. The van der Waals surface area contributed by atoms with Gasteiger partial charge in [0.2, 0.25) is 0 Å². The molecule has 0 amide bonds. The molecule has 0 radical (unpaired) electrons. The fourth-order valence-electron chi connectivity index (χ4n) is 0.848. The van der Waals surface area contributed by atoms with Gasteiger partial charge in [0.05, 0.1) is 17.6 Å². The molecule has 0 aliphatic carbocycles. The maximum absolute atomic E-state index is 9.37. The van der Waals surface area contributed by atoms with Crippen LogP contribution in [0.15, 0.2) is 0 Å². The molecule has 0 heterocycles. The van der Waals surface area contributed by atoms with Gasteiger partial charge in [-0.1, -0.05) is 20.8 Å². The van der Waals surface area contributed by atoms with E-state index in [1.807, 2.05) is 20.8 Å². The van der Waals surface area contributed by atoms with Crippen molar-refractivity contribution in [3.63, 3.8) is 0 Å². The molecule has 0 saturated heterocycles.